The third kappa shape index (κ3) is 2.14. The predicted octanol–water partition coefficient (Wildman–Crippen LogP) is 2.45. The van der Waals surface area contributed by atoms with Crippen LogP contribution in [0.25, 0.3) is 0 Å². The summed E-state index contributed by atoms with van der Waals surface area (Å²) in [6.45, 7) is 0.793. The van der Waals surface area contributed by atoms with Gasteiger partial charge in [0.25, 0.3) is 0 Å². The zero-order chi connectivity index (χ0) is 11.0. The third-order valence-electron chi connectivity index (χ3n) is 3.91. The second-order valence-electron chi connectivity index (χ2n) is 5.10. The van der Waals surface area contributed by atoms with Crippen molar-refractivity contribution in [2.45, 2.75) is 25.7 Å². The van der Waals surface area contributed by atoms with E-state index in [9.17, 15) is 4.79 Å². The van der Waals surface area contributed by atoms with Crippen LogP contribution in [0, 0.1) is 17.8 Å². The van der Waals surface area contributed by atoms with Crippen molar-refractivity contribution in [1.29, 1.82) is 0 Å². The lowest BCUT2D eigenvalue weighted by Crippen LogP contribution is -2.31. The first-order valence-corrected chi connectivity index (χ1v) is 7.06. The third-order valence-corrected chi connectivity index (χ3v) is 4.64. The lowest BCUT2D eigenvalue weighted by Gasteiger charge is -2.11. The summed E-state index contributed by atoms with van der Waals surface area (Å²) in [6, 6.07) is 2.13. The Hall–Kier alpha value is -0.830. The van der Waals surface area contributed by atoms with Crippen molar-refractivity contribution in [3.63, 3.8) is 0 Å². The first-order valence-electron chi connectivity index (χ1n) is 6.11. The smallest absolute Gasteiger partial charge is 0.223 e. The molecule has 0 aromatic carbocycles. The molecule has 0 radical (unpaired) electrons. The van der Waals surface area contributed by atoms with Crippen molar-refractivity contribution >= 4 is 17.2 Å². The van der Waals surface area contributed by atoms with Crippen molar-refractivity contribution < 1.29 is 4.79 Å². The van der Waals surface area contributed by atoms with E-state index in [0.717, 1.165) is 37.6 Å². The monoisotopic (exact) mass is 235 g/mol. The van der Waals surface area contributed by atoms with Crippen LogP contribution >= 0.6 is 11.3 Å². The number of rotatable bonds is 4. The quantitative estimate of drug-likeness (QED) is 0.853. The zero-order valence-electron chi connectivity index (χ0n) is 9.32. The number of nitrogens with one attached hydrogen (secondary N) is 1. The van der Waals surface area contributed by atoms with E-state index in [1.54, 1.807) is 11.3 Å². The number of hydrogen-bond acceptors (Lipinski definition) is 2. The Morgan fingerprint density at radius 2 is 2.19 bits per heavy atom. The molecule has 2 aliphatic rings. The predicted molar refractivity (Wildman–Crippen MR) is 65.4 cm³/mol. The molecule has 0 spiro atoms. The van der Waals surface area contributed by atoms with Gasteiger partial charge in [0.1, 0.15) is 0 Å². The summed E-state index contributed by atoms with van der Waals surface area (Å²) >= 11 is 1.72. The van der Waals surface area contributed by atoms with Crippen LogP contribution in [0.2, 0.25) is 0 Å². The fraction of sp³-hybridized carbons (Fsp3) is 0.615. The summed E-state index contributed by atoms with van der Waals surface area (Å²) in [4.78, 5) is 11.8. The molecule has 0 saturated heterocycles. The van der Waals surface area contributed by atoms with Crippen molar-refractivity contribution in [3.05, 3.63) is 22.4 Å². The summed E-state index contributed by atoms with van der Waals surface area (Å²) in [7, 11) is 0. The summed E-state index contributed by atoms with van der Waals surface area (Å²) in [5.41, 5.74) is 1.33. The fourth-order valence-corrected chi connectivity index (χ4v) is 3.54. The molecule has 16 heavy (non-hydrogen) atoms. The molecule has 2 aliphatic carbocycles. The van der Waals surface area contributed by atoms with Gasteiger partial charge >= 0.3 is 0 Å². The van der Waals surface area contributed by atoms with Gasteiger partial charge in [0, 0.05) is 12.5 Å². The first-order chi connectivity index (χ1) is 7.83. The second-order valence-corrected chi connectivity index (χ2v) is 5.88. The second kappa shape index (κ2) is 4.21. The molecule has 1 N–H and O–H groups in total. The Morgan fingerprint density at radius 3 is 2.88 bits per heavy atom. The van der Waals surface area contributed by atoms with E-state index < -0.39 is 0 Å². The largest absolute Gasteiger partial charge is 0.356 e. The molecule has 1 amide bonds. The molecule has 3 rings (SSSR count). The number of carbonyl (C=O) groups excluding carboxylic acids is 1. The maximum Gasteiger partial charge on any atom is 0.223 e. The molecule has 86 valence electrons. The van der Waals surface area contributed by atoms with Gasteiger partial charge in [-0.1, -0.05) is 0 Å². The minimum atomic E-state index is 0.294. The minimum Gasteiger partial charge on any atom is -0.356 e. The molecule has 2 nitrogen and oxygen atoms in total. The Kier molecular flexibility index (Phi) is 2.72. The molecule has 1 heterocycles. The van der Waals surface area contributed by atoms with Crippen LogP contribution in [0.4, 0.5) is 0 Å². The maximum absolute atomic E-state index is 11.8. The van der Waals surface area contributed by atoms with E-state index in [1.807, 2.05) is 0 Å². The maximum atomic E-state index is 11.8. The highest BCUT2D eigenvalue weighted by Gasteiger charge is 2.47. The highest BCUT2D eigenvalue weighted by atomic mass is 32.1. The number of amides is 1. The summed E-state index contributed by atoms with van der Waals surface area (Å²) < 4.78 is 0. The highest BCUT2D eigenvalue weighted by Crippen LogP contribution is 2.54. The van der Waals surface area contributed by atoms with E-state index in [-0.39, 0.29) is 0 Å². The van der Waals surface area contributed by atoms with E-state index in [1.165, 1.54) is 12.0 Å². The molecule has 1 aromatic rings. The van der Waals surface area contributed by atoms with Gasteiger partial charge in [0.2, 0.25) is 5.91 Å². The van der Waals surface area contributed by atoms with Crippen LogP contribution in [-0.4, -0.2) is 12.5 Å². The lowest BCUT2D eigenvalue weighted by atomic mass is 10.0. The fourth-order valence-electron chi connectivity index (χ4n) is 2.84. The van der Waals surface area contributed by atoms with E-state index in [4.69, 9.17) is 0 Å². The molecule has 0 bridgehead atoms. The summed E-state index contributed by atoms with van der Waals surface area (Å²) in [5.74, 6) is 2.41. The average Bonchev–Trinajstić information content (AvgIpc) is 2.72. The topological polar surface area (TPSA) is 29.1 Å². The van der Waals surface area contributed by atoms with Gasteiger partial charge < -0.3 is 5.32 Å². The number of carbonyl (C=O) groups is 1. The molecule has 1 aromatic heterocycles. The Bertz CT molecular complexity index is 363. The minimum absolute atomic E-state index is 0.294. The van der Waals surface area contributed by atoms with E-state index in [0.29, 0.717) is 11.8 Å². The molecule has 2 unspecified atom stereocenters. The number of fused-ring (bicyclic) bond motifs is 1. The number of hydrogen-bond donors (Lipinski definition) is 1. The van der Waals surface area contributed by atoms with Gasteiger partial charge in [0.15, 0.2) is 0 Å². The van der Waals surface area contributed by atoms with E-state index >= 15 is 0 Å². The highest BCUT2D eigenvalue weighted by molar-refractivity contribution is 7.07. The van der Waals surface area contributed by atoms with Gasteiger partial charge in [0.05, 0.1) is 0 Å². The van der Waals surface area contributed by atoms with Crippen molar-refractivity contribution in [2.24, 2.45) is 17.8 Å². The zero-order valence-corrected chi connectivity index (χ0v) is 10.1. The molecular weight excluding hydrogens is 218 g/mol. The SMILES string of the molecule is O=C(NCCc1ccsc1)C1CC2CC2C1. The normalized spacial score (nSPS) is 31.1. The van der Waals surface area contributed by atoms with Crippen molar-refractivity contribution in [1.82, 2.24) is 5.32 Å². The molecule has 3 heteroatoms. The summed E-state index contributed by atoms with van der Waals surface area (Å²) in [6.07, 6.45) is 4.65. The van der Waals surface area contributed by atoms with Gasteiger partial charge in [-0.15, -0.1) is 0 Å². The van der Waals surface area contributed by atoms with Crippen LogP contribution in [0.5, 0.6) is 0 Å². The number of thiophene rings is 1. The van der Waals surface area contributed by atoms with Crippen LogP contribution in [0.3, 0.4) is 0 Å². The van der Waals surface area contributed by atoms with Crippen LogP contribution in [0.1, 0.15) is 24.8 Å². The molecule has 0 aliphatic heterocycles. The van der Waals surface area contributed by atoms with E-state index in [2.05, 4.69) is 22.1 Å². The van der Waals surface area contributed by atoms with Gasteiger partial charge in [-0.3, -0.25) is 4.79 Å². The lowest BCUT2D eigenvalue weighted by molar-refractivity contribution is -0.125. The molecule has 2 fully saturated rings. The molecular formula is C13H17NOS. The standard InChI is InChI=1S/C13H17NOS/c15-13(12-6-10-5-11(10)7-12)14-3-1-9-2-4-16-8-9/h2,4,8,10-12H,1,3,5-7H2,(H,14,15). The average molecular weight is 235 g/mol. The molecule has 2 atom stereocenters. The first kappa shape index (κ1) is 10.3. The Labute approximate surface area is 100 Å². The van der Waals surface area contributed by atoms with Crippen LogP contribution in [0.15, 0.2) is 16.8 Å². The van der Waals surface area contributed by atoms with Crippen LogP contribution in [-0.2, 0) is 11.2 Å². The van der Waals surface area contributed by atoms with Gasteiger partial charge in [-0.25, -0.2) is 0 Å². The van der Waals surface area contributed by atoms with Gasteiger partial charge in [-0.2, -0.15) is 11.3 Å². The summed E-state index contributed by atoms with van der Waals surface area (Å²) in [5, 5.41) is 7.30. The molecule has 2 saturated carbocycles. The van der Waals surface area contributed by atoms with Crippen molar-refractivity contribution in [2.75, 3.05) is 6.54 Å². The van der Waals surface area contributed by atoms with Gasteiger partial charge in [-0.05, 0) is 59.9 Å². The Balaban J connectivity index is 1.40. The Morgan fingerprint density at radius 1 is 1.38 bits per heavy atom. The van der Waals surface area contributed by atoms with Crippen LogP contribution < -0.4 is 5.32 Å². The van der Waals surface area contributed by atoms with Crippen molar-refractivity contribution in [3.8, 4) is 0 Å².